The highest BCUT2D eigenvalue weighted by Crippen LogP contribution is 2.16. The molecule has 1 unspecified atom stereocenters. The van der Waals surface area contributed by atoms with E-state index in [9.17, 15) is 12.8 Å². The van der Waals surface area contributed by atoms with Crippen LogP contribution in [0.2, 0.25) is 0 Å². The summed E-state index contributed by atoms with van der Waals surface area (Å²) in [6.45, 7) is 3.31. The van der Waals surface area contributed by atoms with Gasteiger partial charge in [0.2, 0.25) is 10.0 Å². The molecule has 1 aromatic rings. The van der Waals surface area contributed by atoms with Gasteiger partial charge in [0.15, 0.2) is 0 Å². The fourth-order valence-corrected chi connectivity index (χ4v) is 3.20. The van der Waals surface area contributed by atoms with Crippen molar-refractivity contribution in [2.75, 3.05) is 6.61 Å². The second-order valence-corrected chi connectivity index (χ2v) is 5.98. The highest BCUT2D eigenvalue weighted by molar-refractivity contribution is 7.89. The smallest absolute Gasteiger partial charge is 0.241 e. The van der Waals surface area contributed by atoms with Crippen LogP contribution in [0.25, 0.3) is 0 Å². The molecule has 0 aliphatic heterocycles. The first-order valence-corrected chi connectivity index (χ1v) is 7.24. The molecule has 2 N–H and O–H groups in total. The Morgan fingerprint density at radius 2 is 2.11 bits per heavy atom. The van der Waals surface area contributed by atoms with Crippen LogP contribution in [0, 0.1) is 12.7 Å². The molecule has 0 radical (unpaired) electrons. The molecule has 0 aliphatic rings. The average molecular weight is 275 g/mol. The van der Waals surface area contributed by atoms with Crippen LogP contribution in [0.3, 0.4) is 0 Å². The Hall–Kier alpha value is -0.980. The van der Waals surface area contributed by atoms with E-state index in [1.807, 2.05) is 0 Å². The molecule has 0 heterocycles. The Labute approximate surface area is 107 Å². The van der Waals surface area contributed by atoms with Gasteiger partial charge in [0.05, 0.1) is 4.90 Å². The Morgan fingerprint density at radius 1 is 1.44 bits per heavy atom. The second-order valence-electron chi connectivity index (χ2n) is 4.30. The van der Waals surface area contributed by atoms with Crippen molar-refractivity contribution in [2.45, 2.75) is 37.6 Å². The number of rotatable bonds is 6. The molecule has 0 aromatic heterocycles. The maximum Gasteiger partial charge on any atom is 0.241 e. The third-order valence-corrected chi connectivity index (χ3v) is 4.33. The van der Waals surface area contributed by atoms with Gasteiger partial charge in [-0.05, 0) is 50.5 Å². The first-order chi connectivity index (χ1) is 8.36. The zero-order chi connectivity index (χ0) is 13.8. The van der Waals surface area contributed by atoms with Crippen LogP contribution in [-0.2, 0) is 10.0 Å². The molecule has 0 saturated carbocycles. The van der Waals surface area contributed by atoms with E-state index in [2.05, 4.69) is 4.72 Å². The van der Waals surface area contributed by atoms with Gasteiger partial charge in [0.25, 0.3) is 0 Å². The molecule has 0 spiro atoms. The molecule has 1 aromatic carbocycles. The molecular formula is C12H18FNO3S. The lowest BCUT2D eigenvalue weighted by Gasteiger charge is -2.15. The minimum atomic E-state index is -3.64. The van der Waals surface area contributed by atoms with E-state index >= 15 is 0 Å². The Morgan fingerprint density at radius 3 is 2.67 bits per heavy atom. The van der Waals surface area contributed by atoms with Gasteiger partial charge in [-0.1, -0.05) is 0 Å². The summed E-state index contributed by atoms with van der Waals surface area (Å²) in [5.74, 6) is -0.459. The van der Waals surface area contributed by atoms with Gasteiger partial charge in [0.1, 0.15) is 5.82 Å². The van der Waals surface area contributed by atoms with Crippen LogP contribution >= 0.6 is 0 Å². The van der Waals surface area contributed by atoms with Crippen molar-refractivity contribution >= 4 is 10.0 Å². The van der Waals surface area contributed by atoms with Crippen LogP contribution < -0.4 is 4.72 Å². The van der Waals surface area contributed by atoms with E-state index in [1.54, 1.807) is 13.8 Å². The van der Waals surface area contributed by atoms with Crippen LogP contribution in [0.15, 0.2) is 23.1 Å². The number of sulfonamides is 1. The van der Waals surface area contributed by atoms with Crippen molar-refractivity contribution in [1.82, 2.24) is 4.72 Å². The maximum atomic E-state index is 12.9. The number of benzene rings is 1. The molecule has 0 fully saturated rings. The number of aliphatic hydroxyl groups excluding tert-OH is 1. The Kier molecular flexibility index (Phi) is 5.25. The zero-order valence-electron chi connectivity index (χ0n) is 10.5. The van der Waals surface area contributed by atoms with Gasteiger partial charge in [-0.2, -0.15) is 0 Å². The van der Waals surface area contributed by atoms with Gasteiger partial charge in [0, 0.05) is 12.6 Å². The zero-order valence-corrected chi connectivity index (χ0v) is 11.3. The van der Waals surface area contributed by atoms with Crippen molar-refractivity contribution < 1.29 is 17.9 Å². The van der Waals surface area contributed by atoms with Crippen molar-refractivity contribution in [1.29, 1.82) is 0 Å². The van der Waals surface area contributed by atoms with Gasteiger partial charge in [-0.3, -0.25) is 0 Å². The minimum absolute atomic E-state index is 0.0294. The minimum Gasteiger partial charge on any atom is -0.396 e. The molecule has 6 heteroatoms. The first-order valence-electron chi connectivity index (χ1n) is 5.76. The van der Waals surface area contributed by atoms with E-state index in [0.717, 1.165) is 6.07 Å². The summed E-state index contributed by atoms with van der Waals surface area (Å²) in [5.41, 5.74) is 0.372. The highest BCUT2D eigenvalue weighted by atomic mass is 32.2. The lowest BCUT2D eigenvalue weighted by atomic mass is 10.2. The summed E-state index contributed by atoms with van der Waals surface area (Å²) in [6.07, 6.45) is 1.09. The summed E-state index contributed by atoms with van der Waals surface area (Å²) >= 11 is 0. The Balaban J connectivity index is 2.86. The quantitative estimate of drug-likeness (QED) is 0.828. The SMILES string of the molecule is Cc1cc(F)ccc1S(=O)(=O)NC(C)CCCO. The molecule has 1 rings (SSSR count). The van der Waals surface area contributed by atoms with Crippen LogP contribution in [0.4, 0.5) is 4.39 Å². The molecule has 18 heavy (non-hydrogen) atoms. The number of hydrogen-bond donors (Lipinski definition) is 2. The monoisotopic (exact) mass is 275 g/mol. The number of aliphatic hydroxyl groups is 1. The molecule has 0 aliphatic carbocycles. The van der Waals surface area contributed by atoms with Crippen molar-refractivity contribution in [3.05, 3.63) is 29.6 Å². The summed E-state index contributed by atoms with van der Waals surface area (Å²) in [6, 6.07) is 3.30. The maximum absolute atomic E-state index is 12.9. The number of hydrogen-bond acceptors (Lipinski definition) is 3. The number of aryl methyl sites for hydroxylation is 1. The van der Waals surface area contributed by atoms with E-state index < -0.39 is 15.8 Å². The molecule has 102 valence electrons. The lowest BCUT2D eigenvalue weighted by Crippen LogP contribution is -2.33. The van der Waals surface area contributed by atoms with E-state index in [4.69, 9.17) is 5.11 Å². The predicted octanol–water partition coefficient (Wildman–Crippen LogP) is 1.57. The molecule has 1 atom stereocenters. The fourth-order valence-electron chi connectivity index (χ4n) is 1.70. The molecule has 0 bridgehead atoms. The molecule has 4 nitrogen and oxygen atoms in total. The number of nitrogens with one attached hydrogen (secondary N) is 1. The fraction of sp³-hybridized carbons (Fsp3) is 0.500. The number of halogens is 1. The summed E-state index contributed by atoms with van der Waals surface area (Å²) in [4.78, 5) is 0.0831. The normalized spacial score (nSPS) is 13.6. The first kappa shape index (κ1) is 15.1. The van der Waals surface area contributed by atoms with Crippen molar-refractivity contribution in [3.63, 3.8) is 0 Å². The topological polar surface area (TPSA) is 66.4 Å². The average Bonchev–Trinajstić information content (AvgIpc) is 2.25. The van der Waals surface area contributed by atoms with Crippen molar-refractivity contribution in [3.8, 4) is 0 Å². The third-order valence-electron chi connectivity index (χ3n) is 2.58. The van der Waals surface area contributed by atoms with Crippen LogP contribution in [0.5, 0.6) is 0 Å². The highest BCUT2D eigenvalue weighted by Gasteiger charge is 2.19. The third kappa shape index (κ3) is 4.04. The lowest BCUT2D eigenvalue weighted by molar-refractivity contribution is 0.279. The van der Waals surface area contributed by atoms with E-state index in [-0.39, 0.29) is 17.5 Å². The van der Waals surface area contributed by atoms with Crippen LogP contribution in [-0.4, -0.2) is 26.2 Å². The second kappa shape index (κ2) is 6.26. The predicted molar refractivity (Wildman–Crippen MR) is 67.2 cm³/mol. The molecular weight excluding hydrogens is 257 g/mol. The standard InChI is InChI=1S/C12H18FNO3S/c1-9-8-11(13)5-6-12(9)18(16,17)14-10(2)4-3-7-15/h5-6,8,10,14-15H,3-4,7H2,1-2H3. The summed E-state index contributed by atoms with van der Waals surface area (Å²) in [7, 11) is -3.64. The van der Waals surface area contributed by atoms with Gasteiger partial charge in [-0.25, -0.2) is 17.5 Å². The van der Waals surface area contributed by atoms with E-state index in [0.29, 0.717) is 18.4 Å². The molecule has 0 saturated heterocycles. The van der Waals surface area contributed by atoms with E-state index in [1.165, 1.54) is 12.1 Å². The van der Waals surface area contributed by atoms with Crippen LogP contribution in [0.1, 0.15) is 25.3 Å². The van der Waals surface area contributed by atoms with Crippen molar-refractivity contribution in [2.24, 2.45) is 0 Å². The largest absolute Gasteiger partial charge is 0.396 e. The van der Waals surface area contributed by atoms with Gasteiger partial charge >= 0.3 is 0 Å². The summed E-state index contributed by atoms with van der Waals surface area (Å²) < 4.78 is 39.5. The Bertz CT molecular complexity index is 502. The molecule has 0 amide bonds. The van der Waals surface area contributed by atoms with Gasteiger partial charge in [-0.15, -0.1) is 0 Å². The van der Waals surface area contributed by atoms with Gasteiger partial charge < -0.3 is 5.11 Å². The summed E-state index contributed by atoms with van der Waals surface area (Å²) in [5, 5.41) is 8.69.